The molecule has 0 saturated carbocycles. The largest absolute Gasteiger partial charge is 0.493 e. The van der Waals surface area contributed by atoms with Crippen LogP contribution in [0.5, 0.6) is 11.5 Å². The first-order chi connectivity index (χ1) is 16.5. The van der Waals surface area contributed by atoms with E-state index in [9.17, 15) is 9.59 Å². The highest BCUT2D eigenvalue weighted by molar-refractivity contribution is 5.95. The molecule has 182 valence electrons. The normalized spacial score (nSPS) is 15.4. The number of amides is 2. The molecule has 0 saturated heterocycles. The lowest BCUT2D eigenvalue weighted by atomic mass is 9.95. The van der Waals surface area contributed by atoms with Crippen LogP contribution in [-0.4, -0.2) is 25.7 Å². The number of hydrogen-bond acceptors (Lipinski definition) is 5. The minimum atomic E-state index is -0.654. The Morgan fingerprint density at radius 1 is 1.00 bits per heavy atom. The number of carbonyl (C=O) groups is 2. The van der Waals surface area contributed by atoms with Gasteiger partial charge < -0.3 is 24.8 Å². The topological polar surface area (TPSA) is 85.9 Å². The van der Waals surface area contributed by atoms with Gasteiger partial charge in [0.05, 0.1) is 25.3 Å². The fourth-order valence-corrected chi connectivity index (χ4v) is 3.88. The van der Waals surface area contributed by atoms with Gasteiger partial charge in [-0.25, -0.2) is 9.59 Å². The molecule has 34 heavy (non-hydrogen) atoms. The van der Waals surface area contributed by atoms with Crippen LogP contribution in [-0.2, 0) is 16.1 Å². The molecule has 0 aromatic heterocycles. The summed E-state index contributed by atoms with van der Waals surface area (Å²) in [6.45, 7) is 4.62. The van der Waals surface area contributed by atoms with E-state index in [1.807, 2.05) is 36.4 Å². The Kier molecular flexibility index (Phi) is 9.38. The molecule has 1 aliphatic rings. The van der Waals surface area contributed by atoms with Crippen LogP contribution in [0.15, 0.2) is 59.8 Å². The van der Waals surface area contributed by atoms with Crippen molar-refractivity contribution in [3.8, 4) is 11.5 Å². The first-order valence-corrected chi connectivity index (χ1v) is 11.8. The number of carbonyl (C=O) groups excluding carboxylic acids is 2. The molecule has 1 atom stereocenters. The van der Waals surface area contributed by atoms with Crippen molar-refractivity contribution < 1.29 is 23.8 Å². The SMILES string of the molecule is CCCCCCCOC(=O)C1=C(C)NC(=O)NC1c1ccc(OCc2ccccc2)c(OC)c1. The minimum Gasteiger partial charge on any atom is -0.493 e. The summed E-state index contributed by atoms with van der Waals surface area (Å²) in [4.78, 5) is 25.1. The third kappa shape index (κ3) is 6.76. The zero-order chi connectivity index (χ0) is 24.3. The molecule has 3 rings (SSSR count). The van der Waals surface area contributed by atoms with Crippen LogP contribution >= 0.6 is 0 Å². The lowest BCUT2D eigenvalue weighted by molar-refractivity contribution is -0.139. The maximum Gasteiger partial charge on any atom is 0.338 e. The standard InChI is InChI=1S/C27H34N2O5/c1-4-5-6-7-11-16-33-26(30)24-19(2)28-27(31)29-25(24)21-14-15-22(23(17-21)32-3)34-18-20-12-9-8-10-13-20/h8-10,12-15,17,25H,4-7,11,16,18H2,1-3H3,(H2,28,29,31). The van der Waals surface area contributed by atoms with Crippen LogP contribution in [0.4, 0.5) is 4.79 Å². The quantitative estimate of drug-likeness (QED) is 0.322. The number of unbranched alkanes of at least 4 members (excludes halogenated alkanes) is 4. The molecule has 1 heterocycles. The summed E-state index contributed by atoms with van der Waals surface area (Å²) in [6, 6.07) is 14.2. The van der Waals surface area contributed by atoms with Crippen molar-refractivity contribution in [2.75, 3.05) is 13.7 Å². The van der Waals surface area contributed by atoms with Gasteiger partial charge in [0.2, 0.25) is 0 Å². The number of methoxy groups -OCH3 is 1. The first kappa shape index (κ1) is 25.1. The number of esters is 1. The van der Waals surface area contributed by atoms with E-state index in [4.69, 9.17) is 14.2 Å². The van der Waals surface area contributed by atoms with Crippen LogP contribution in [0, 0.1) is 0 Å². The van der Waals surface area contributed by atoms with Crippen molar-refractivity contribution in [3.63, 3.8) is 0 Å². The molecule has 0 aliphatic carbocycles. The summed E-state index contributed by atoms with van der Waals surface area (Å²) in [5, 5.41) is 5.52. The third-order valence-corrected chi connectivity index (χ3v) is 5.73. The Hall–Kier alpha value is -3.48. The lowest BCUT2D eigenvalue weighted by Crippen LogP contribution is -2.45. The highest BCUT2D eigenvalue weighted by atomic mass is 16.5. The molecule has 0 spiro atoms. The third-order valence-electron chi connectivity index (χ3n) is 5.73. The zero-order valence-electron chi connectivity index (χ0n) is 20.2. The van der Waals surface area contributed by atoms with Crippen molar-refractivity contribution in [2.45, 2.75) is 58.6 Å². The maximum absolute atomic E-state index is 12.9. The van der Waals surface area contributed by atoms with Gasteiger partial charge in [-0.05, 0) is 36.6 Å². The Morgan fingerprint density at radius 2 is 1.76 bits per heavy atom. The van der Waals surface area contributed by atoms with Crippen molar-refractivity contribution in [2.24, 2.45) is 0 Å². The minimum absolute atomic E-state index is 0.357. The molecule has 2 N–H and O–H groups in total. The second-order valence-electron chi connectivity index (χ2n) is 8.30. The van der Waals surface area contributed by atoms with E-state index >= 15 is 0 Å². The predicted molar refractivity (Wildman–Crippen MR) is 131 cm³/mol. The molecule has 0 fully saturated rings. The monoisotopic (exact) mass is 466 g/mol. The van der Waals surface area contributed by atoms with Gasteiger partial charge in [-0.15, -0.1) is 0 Å². The number of hydrogen-bond donors (Lipinski definition) is 2. The second kappa shape index (κ2) is 12.7. The predicted octanol–water partition coefficient (Wildman–Crippen LogP) is 5.42. The van der Waals surface area contributed by atoms with E-state index in [1.165, 1.54) is 12.8 Å². The number of nitrogens with one attached hydrogen (secondary N) is 2. The molecule has 7 nitrogen and oxygen atoms in total. The van der Waals surface area contributed by atoms with E-state index in [0.29, 0.717) is 41.5 Å². The molecular formula is C27H34N2O5. The average Bonchev–Trinajstić information content (AvgIpc) is 2.84. The van der Waals surface area contributed by atoms with Crippen molar-refractivity contribution in [3.05, 3.63) is 70.9 Å². The maximum atomic E-state index is 12.9. The van der Waals surface area contributed by atoms with Gasteiger partial charge >= 0.3 is 12.0 Å². The summed E-state index contributed by atoms with van der Waals surface area (Å²) >= 11 is 0. The fraction of sp³-hybridized carbons (Fsp3) is 0.407. The summed E-state index contributed by atoms with van der Waals surface area (Å²) in [5.74, 6) is 0.656. The molecule has 7 heteroatoms. The van der Waals surface area contributed by atoms with Gasteiger partial charge in [0.15, 0.2) is 11.5 Å². The van der Waals surface area contributed by atoms with E-state index in [0.717, 1.165) is 24.8 Å². The molecule has 2 aromatic carbocycles. The number of ether oxygens (including phenoxy) is 3. The van der Waals surface area contributed by atoms with Crippen LogP contribution in [0.3, 0.4) is 0 Å². The Morgan fingerprint density at radius 3 is 2.50 bits per heavy atom. The van der Waals surface area contributed by atoms with Crippen LogP contribution in [0.2, 0.25) is 0 Å². The summed E-state index contributed by atoms with van der Waals surface area (Å²) in [5.41, 5.74) is 2.60. The zero-order valence-corrected chi connectivity index (χ0v) is 20.2. The Bertz CT molecular complexity index is 1000. The van der Waals surface area contributed by atoms with E-state index in [2.05, 4.69) is 17.6 Å². The molecule has 1 aliphatic heterocycles. The van der Waals surface area contributed by atoms with Gasteiger partial charge in [0.1, 0.15) is 6.61 Å². The van der Waals surface area contributed by atoms with Crippen molar-refractivity contribution in [1.82, 2.24) is 10.6 Å². The fourth-order valence-electron chi connectivity index (χ4n) is 3.88. The molecular weight excluding hydrogens is 432 g/mol. The van der Waals surface area contributed by atoms with Crippen molar-refractivity contribution in [1.29, 1.82) is 0 Å². The van der Waals surface area contributed by atoms with Crippen LogP contribution in [0.25, 0.3) is 0 Å². The summed E-state index contributed by atoms with van der Waals surface area (Å²) in [7, 11) is 1.56. The summed E-state index contributed by atoms with van der Waals surface area (Å²) in [6.07, 6.45) is 5.33. The van der Waals surface area contributed by atoms with E-state index in [-0.39, 0.29) is 6.03 Å². The number of allylic oxidation sites excluding steroid dienone is 1. The number of benzene rings is 2. The molecule has 1 unspecified atom stereocenters. The van der Waals surface area contributed by atoms with Gasteiger partial charge in [-0.1, -0.05) is 69.0 Å². The average molecular weight is 467 g/mol. The highest BCUT2D eigenvalue weighted by Crippen LogP contribution is 2.35. The van der Waals surface area contributed by atoms with Gasteiger partial charge in [0.25, 0.3) is 0 Å². The van der Waals surface area contributed by atoms with E-state index < -0.39 is 12.0 Å². The Labute approximate surface area is 201 Å². The second-order valence-corrected chi connectivity index (χ2v) is 8.30. The molecule has 2 amide bonds. The number of urea groups is 1. The molecule has 2 aromatic rings. The molecule has 0 bridgehead atoms. The van der Waals surface area contributed by atoms with Gasteiger partial charge in [-0.3, -0.25) is 0 Å². The van der Waals surface area contributed by atoms with Crippen LogP contribution in [0.1, 0.15) is 63.1 Å². The summed E-state index contributed by atoms with van der Waals surface area (Å²) < 4.78 is 17.0. The first-order valence-electron chi connectivity index (χ1n) is 11.8. The highest BCUT2D eigenvalue weighted by Gasteiger charge is 2.32. The molecule has 0 radical (unpaired) electrons. The van der Waals surface area contributed by atoms with Gasteiger partial charge in [-0.2, -0.15) is 0 Å². The number of rotatable bonds is 12. The van der Waals surface area contributed by atoms with Crippen molar-refractivity contribution >= 4 is 12.0 Å². The van der Waals surface area contributed by atoms with Gasteiger partial charge in [0, 0.05) is 5.70 Å². The smallest absolute Gasteiger partial charge is 0.338 e. The van der Waals surface area contributed by atoms with E-state index in [1.54, 1.807) is 26.2 Å². The lowest BCUT2D eigenvalue weighted by Gasteiger charge is -2.28. The van der Waals surface area contributed by atoms with Crippen LogP contribution < -0.4 is 20.1 Å². The Balaban J connectivity index is 1.73.